The minimum absolute atomic E-state index is 0.0245. The molecule has 2 aliphatic heterocycles. The zero-order chi connectivity index (χ0) is 43.1. The van der Waals surface area contributed by atoms with Crippen LogP contribution in [-0.4, -0.2) is 11.3 Å². The molecular weight excluding hydrogens is 786 g/mol. The van der Waals surface area contributed by atoms with Crippen molar-refractivity contribution in [1.29, 1.82) is 0 Å². The van der Waals surface area contributed by atoms with Crippen LogP contribution < -0.4 is 26.2 Å². The molecule has 0 N–H and O–H groups in total. The molecule has 1 aromatic heterocycles. The van der Waals surface area contributed by atoms with Gasteiger partial charge in [-0.1, -0.05) is 153 Å². The molecule has 0 saturated carbocycles. The fourth-order valence-corrected chi connectivity index (χ4v) is 12.1. The molecule has 0 fully saturated rings. The molecule has 306 valence electrons. The maximum atomic E-state index is 2.59. The Morgan fingerprint density at radius 1 is 0.354 bits per heavy atom. The normalized spacial score (nSPS) is 13.2. The zero-order valence-electron chi connectivity index (χ0n) is 36.7. The van der Waals surface area contributed by atoms with Gasteiger partial charge in [-0.25, -0.2) is 0 Å². The molecule has 14 rings (SSSR count). The number of fused-ring (bicyclic) bond motifs is 18. The molecule has 65 heavy (non-hydrogen) atoms. The summed E-state index contributed by atoms with van der Waals surface area (Å²) in [5, 5.41) is 16.8. The predicted molar refractivity (Wildman–Crippen MR) is 281 cm³/mol. The summed E-state index contributed by atoms with van der Waals surface area (Å²) in [5.74, 6) is 1.23. The zero-order valence-corrected chi connectivity index (χ0v) is 36.7. The number of nitrogens with zero attached hydrogens (tertiary/aromatic N) is 3. The van der Waals surface area contributed by atoms with Gasteiger partial charge in [-0.3, -0.25) is 4.90 Å². The van der Waals surface area contributed by atoms with E-state index in [1.807, 2.05) is 0 Å². The maximum Gasteiger partial charge on any atom is 0.255 e. The summed E-state index contributed by atoms with van der Waals surface area (Å²) in [6.45, 7) is 4.58. The lowest BCUT2D eigenvalue weighted by atomic mass is 9.33. The lowest BCUT2D eigenvalue weighted by Crippen LogP contribution is -2.61. The van der Waals surface area contributed by atoms with Gasteiger partial charge in [0.25, 0.3) is 6.71 Å². The Labute approximate surface area is 378 Å². The van der Waals surface area contributed by atoms with Crippen molar-refractivity contribution in [2.45, 2.75) is 26.7 Å². The number of hydrogen-bond donors (Lipinski definition) is 0. The molecule has 0 atom stereocenters. The van der Waals surface area contributed by atoms with Gasteiger partial charge in [-0.15, -0.1) is 0 Å². The van der Waals surface area contributed by atoms with Crippen LogP contribution >= 0.6 is 0 Å². The van der Waals surface area contributed by atoms with Crippen LogP contribution in [0, 0.1) is 0 Å². The summed E-state index contributed by atoms with van der Waals surface area (Å²) in [7, 11) is 2.28. The maximum absolute atomic E-state index is 2.59. The quantitative estimate of drug-likeness (QED) is 0.129. The van der Waals surface area contributed by atoms with Gasteiger partial charge in [0.05, 0.1) is 0 Å². The predicted octanol–water partition coefficient (Wildman–Crippen LogP) is 14.3. The van der Waals surface area contributed by atoms with Gasteiger partial charge in [0.1, 0.15) is 5.82 Å². The topological polar surface area (TPSA) is 11.4 Å². The van der Waals surface area contributed by atoms with E-state index in [1.165, 1.54) is 132 Å². The third-order valence-electron chi connectivity index (χ3n) is 15.0. The first-order valence-electron chi connectivity index (χ1n) is 23.2. The van der Waals surface area contributed by atoms with Gasteiger partial charge >= 0.3 is 0 Å². The average molecular weight is 830 g/mol. The Morgan fingerprint density at radius 2 is 0.800 bits per heavy atom. The lowest BCUT2D eigenvalue weighted by molar-refractivity contribution is 0.950. The second kappa shape index (κ2) is 13.6. The van der Waals surface area contributed by atoms with Crippen molar-refractivity contribution in [3.63, 3.8) is 0 Å². The van der Waals surface area contributed by atoms with E-state index in [-0.39, 0.29) is 6.71 Å². The van der Waals surface area contributed by atoms with Gasteiger partial charge in [0, 0.05) is 41.0 Å². The Kier molecular flexibility index (Phi) is 7.66. The Morgan fingerprint density at radius 3 is 1.32 bits per heavy atom. The van der Waals surface area contributed by atoms with Crippen LogP contribution in [-0.2, 0) is 19.9 Å². The van der Waals surface area contributed by atoms with E-state index >= 15 is 0 Å². The molecule has 0 unspecified atom stereocenters. The van der Waals surface area contributed by atoms with E-state index < -0.39 is 0 Å². The van der Waals surface area contributed by atoms with Gasteiger partial charge in [0.15, 0.2) is 0 Å². The van der Waals surface area contributed by atoms with Gasteiger partial charge in [-0.2, -0.15) is 0 Å². The van der Waals surface area contributed by atoms with Crippen molar-refractivity contribution >= 4 is 133 Å². The van der Waals surface area contributed by atoms with Crippen molar-refractivity contribution in [3.05, 3.63) is 199 Å². The molecule has 3 heterocycles. The van der Waals surface area contributed by atoms with E-state index in [1.54, 1.807) is 0 Å². The third-order valence-corrected chi connectivity index (χ3v) is 15.0. The molecule has 12 aromatic rings. The summed E-state index contributed by atoms with van der Waals surface area (Å²) >= 11 is 0. The van der Waals surface area contributed by atoms with E-state index in [0.29, 0.717) is 0 Å². The SMILES string of the molecule is CCc1ccc2c(c1)B1c3c(cccc3N(c3ccc4c5ccccc5c5ccccc5c4c3)c3c1c1cc(CC)ccc1n3C)N2c1ccc2c3ccccc3c3ccccc3c2c1. The number of aryl methyl sites for hydroxylation is 3. The Hall–Kier alpha value is -7.82. The highest BCUT2D eigenvalue weighted by molar-refractivity contribution is 7.01. The standard InChI is InChI=1S/C61H44BN3/c1-4-37-25-31-55-53(33-37)59-61(63(55)3)65(40-28-30-50-46-20-9-7-16-42(46)44-18-11-13-22-48(44)52(50)36-40)58-24-14-23-57-60(58)62(59)54-34-38(5-2)26-32-56(54)64(57)39-27-29-49-45-19-8-6-15-41(45)43-17-10-12-21-47(43)51(49)35-39/h6-36H,4-5H2,1-3H3. The molecule has 3 nitrogen and oxygen atoms in total. The largest absolute Gasteiger partial charge is 0.330 e. The van der Waals surface area contributed by atoms with Crippen molar-refractivity contribution < 1.29 is 0 Å². The smallest absolute Gasteiger partial charge is 0.255 e. The Bertz CT molecular complexity index is 3960. The summed E-state index contributed by atoms with van der Waals surface area (Å²) in [4.78, 5) is 5.16. The van der Waals surface area contributed by atoms with Crippen molar-refractivity contribution in [3.8, 4) is 0 Å². The van der Waals surface area contributed by atoms with Crippen LogP contribution in [0.3, 0.4) is 0 Å². The van der Waals surface area contributed by atoms with E-state index in [9.17, 15) is 0 Å². The van der Waals surface area contributed by atoms with Crippen LogP contribution in [0.25, 0.3) is 75.5 Å². The van der Waals surface area contributed by atoms with Crippen LogP contribution in [0.2, 0.25) is 0 Å². The molecule has 2 aliphatic rings. The highest BCUT2D eigenvalue weighted by Crippen LogP contribution is 2.48. The number of rotatable bonds is 4. The van der Waals surface area contributed by atoms with Crippen LogP contribution in [0.1, 0.15) is 25.0 Å². The van der Waals surface area contributed by atoms with Crippen molar-refractivity contribution in [1.82, 2.24) is 4.57 Å². The minimum Gasteiger partial charge on any atom is -0.330 e. The van der Waals surface area contributed by atoms with E-state index in [0.717, 1.165) is 18.5 Å². The average Bonchev–Trinajstić information content (AvgIpc) is 3.66. The molecule has 11 aromatic carbocycles. The van der Waals surface area contributed by atoms with E-state index in [2.05, 4.69) is 223 Å². The second-order valence-corrected chi connectivity index (χ2v) is 18.2. The number of aromatic nitrogens is 1. The first-order chi connectivity index (χ1) is 32.1. The molecule has 4 heteroatoms. The lowest BCUT2D eigenvalue weighted by Gasteiger charge is -2.43. The number of benzene rings is 11. The molecule has 0 saturated heterocycles. The minimum atomic E-state index is 0.0245. The first-order valence-corrected chi connectivity index (χ1v) is 23.2. The fourth-order valence-electron chi connectivity index (χ4n) is 12.1. The molecule has 0 radical (unpaired) electrons. The molecule has 0 amide bonds. The number of hydrogen-bond acceptors (Lipinski definition) is 2. The highest BCUT2D eigenvalue weighted by Gasteiger charge is 2.46. The highest BCUT2D eigenvalue weighted by atomic mass is 15.3. The number of anilines is 6. The van der Waals surface area contributed by atoms with Gasteiger partial charge in [0.2, 0.25) is 0 Å². The summed E-state index contributed by atoms with van der Waals surface area (Å²) < 4.78 is 2.47. The van der Waals surface area contributed by atoms with Crippen molar-refractivity contribution in [2.75, 3.05) is 9.80 Å². The van der Waals surface area contributed by atoms with Crippen LogP contribution in [0.15, 0.2) is 188 Å². The van der Waals surface area contributed by atoms with Crippen molar-refractivity contribution in [2.24, 2.45) is 7.05 Å². The molecular formula is C61H44BN3. The van der Waals surface area contributed by atoms with Gasteiger partial charge in [-0.05, 0) is 159 Å². The summed E-state index contributed by atoms with van der Waals surface area (Å²) in [6, 6.07) is 71.5. The fraction of sp³-hybridized carbons (Fsp3) is 0.0820. The summed E-state index contributed by atoms with van der Waals surface area (Å²) in [6.07, 6.45) is 1.95. The molecule has 0 spiro atoms. The van der Waals surface area contributed by atoms with Crippen LogP contribution in [0.4, 0.5) is 34.3 Å². The van der Waals surface area contributed by atoms with Crippen LogP contribution in [0.5, 0.6) is 0 Å². The molecule has 0 bridgehead atoms. The van der Waals surface area contributed by atoms with E-state index in [4.69, 9.17) is 0 Å². The Balaban J connectivity index is 1.09. The first kappa shape index (κ1) is 36.6. The third kappa shape index (κ3) is 4.97. The summed E-state index contributed by atoms with van der Waals surface area (Å²) in [5.41, 5.74) is 14.1. The second-order valence-electron chi connectivity index (χ2n) is 18.2. The molecule has 0 aliphatic carbocycles. The monoisotopic (exact) mass is 829 g/mol. The van der Waals surface area contributed by atoms with Gasteiger partial charge < -0.3 is 9.47 Å².